The number of aromatic nitrogens is 4. The van der Waals surface area contributed by atoms with Gasteiger partial charge in [0.1, 0.15) is 12.1 Å². The molecule has 1 N–H and O–H groups in total. The molecule has 0 saturated carbocycles. The highest BCUT2D eigenvalue weighted by Crippen LogP contribution is 2.23. The van der Waals surface area contributed by atoms with Crippen molar-refractivity contribution in [1.82, 2.24) is 25.1 Å². The number of amides is 1. The van der Waals surface area contributed by atoms with Crippen LogP contribution in [0.4, 0.5) is 5.69 Å². The fourth-order valence-corrected chi connectivity index (χ4v) is 2.81. The number of nitrogens with one attached hydrogen (secondary N) is 1. The summed E-state index contributed by atoms with van der Waals surface area (Å²) >= 11 is 0. The highest BCUT2D eigenvalue weighted by molar-refractivity contribution is 5.92. The van der Waals surface area contributed by atoms with Gasteiger partial charge in [0, 0.05) is 17.8 Å². The van der Waals surface area contributed by atoms with Crippen molar-refractivity contribution >= 4 is 11.6 Å². The van der Waals surface area contributed by atoms with E-state index >= 15 is 0 Å². The van der Waals surface area contributed by atoms with Gasteiger partial charge in [-0.15, -0.1) is 5.10 Å². The Labute approximate surface area is 140 Å². The highest BCUT2D eigenvalue weighted by atomic mass is 16.5. The molecule has 1 aromatic heterocycles. The Kier molecular flexibility index (Phi) is 5.05. The summed E-state index contributed by atoms with van der Waals surface area (Å²) in [7, 11) is 1.58. The first-order chi connectivity index (χ1) is 11.6. The van der Waals surface area contributed by atoms with Gasteiger partial charge in [-0.2, -0.15) is 0 Å². The number of hydrogen-bond acceptors (Lipinski definition) is 6. The van der Waals surface area contributed by atoms with E-state index in [1.165, 1.54) is 11.0 Å². The van der Waals surface area contributed by atoms with E-state index in [2.05, 4.69) is 32.7 Å². The number of tetrazole rings is 1. The van der Waals surface area contributed by atoms with Crippen LogP contribution in [0.15, 0.2) is 24.5 Å². The van der Waals surface area contributed by atoms with Crippen molar-refractivity contribution < 1.29 is 9.53 Å². The number of piperidine rings is 1. The Hall–Kier alpha value is -2.48. The molecule has 0 aliphatic carbocycles. The maximum Gasteiger partial charge on any atom is 0.238 e. The summed E-state index contributed by atoms with van der Waals surface area (Å²) in [5, 5.41) is 14.0. The minimum Gasteiger partial charge on any atom is -0.497 e. The molecule has 8 heteroatoms. The molecule has 128 valence electrons. The molecule has 3 rings (SSSR count). The van der Waals surface area contributed by atoms with Gasteiger partial charge in [-0.05, 0) is 48.3 Å². The van der Waals surface area contributed by atoms with Crippen molar-refractivity contribution in [2.24, 2.45) is 5.92 Å². The van der Waals surface area contributed by atoms with Crippen LogP contribution in [0.1, 0.15) is 19.8 Å². The summed E-state index contributed by atoms with van der Waals surface area (Å²) in [6, 6.07) is 5.40. The van der Waals surface area contributed by atoms with E-state index in [9.17, 15) is 4.79 Å². The fraction of sp³-hybridized carbons (Fsp3) is 0.500. The first-order valence-corrected chi connectivity index (χ1v) is 8.08. The Morgan fingerprint density at radius 1 is 1.33 bits per heavy atom. The third-order valence-electron chi connectivity index (χ3n) is 4.27. The molecule has 1 aliphatic heterocycles. The maximum atomic E-state index is 12.3. The van der Waals surface area contributed by atoms with E-state index in [0.717, 1.165) is 37.5 Å². The summed E-state index contributed by atoms with van der Waals surface area (Å²) < 4.78 is 6.81. The number of rotatable bonds is 5. The largest absolute Gasteiger partial charge is 0.497 e. The van der Waals surface area contributed by atoms with Crippen molar-refractivity contribution in [2.45, 2.75) is 19.8 Å². The van der Waals surface area contributed by atoms with Crippen molar-refractivity contribution in [3.8, 4) is 11.4 Å². The topological polar surface area (TPSA) is 85.2 Å². The molecule has 1 amide bonds. The SMILES string of the molecule is COc1cc(NC(=O)CN2CCC(C)CC2)cc(-n2cnnn2)c1. The number of methoxy groups -OCH3 is 1. The highest BCUT2D eigenvalue weighted by Gasteiger charge is 2.18. The number of ether oxygens (including phenoxy) is 1. The second-order valence-electron chi connectivity index (χ2n) is 6.18. The molecule has 0 atom stereocenters. The molecule has 2 aromatic rings. The van der Waals surface area contributed by atoms with Crippen molar-refractivity contribution in [1.29, 1.82) is 0 Å². The van der Waals surface area contributed by atoms with Crippen molar-refractivity contribution in [3.05, 3.63) is 24.5 Å². The van der Waals surface area contributed by atoms with Crippen LogP contribution in [-0.2, 0) is 4.79 Å². The predicted octanol–water partition coefficient (Wildman–Crippen LogP) is 1.34. The van der Waals surface area contributed by atoms with Gasteiger partial charge in [0.2, 0.25) is 5.91 Å². The zero-order chi connectivity index (χ0) is 16.9. The van der Waals surface area contributed by atoms with Gasteiger partial charge in [0.25, 0.3) is 0 Å². The van der Waals surface area contributed by atoms with Crippen LogP contribution < -0.4 is 10.1 Å². The molecule has 8 nitrogen and oxygen atoms in total. The number of likely N-dealkylation sites (tertiary alicyclic amines) is 1. The number of nitrogens with zero attached hydrogens (tertiary/aromatic N) is 5. The molecule has 2 heterocycles. The van der Waals surface area contributed by atoms with Gasteiger partial charge in [-0.3, -0.25) is 9.69 Å². The van der Waals surface area contributed by atoms with Gasteiger partial charge in [-0.1, -0.05) is 6.92 Å². The second-order valence-corrected chi connectivity index (χ2v) is 6.18. The Bertz CT molecular complexity index is 680. The summed E-state index contributed by atoms with van der Waals surface area (Å²) in [5.41, 5.74) is 1.39. The Balaban J connectivity index is 1.67. The lowest BCUT2D eigenvalue weighted by atomic mass is 9.99. The van der Waals surface area contributed by atoms with Gasteiger partial charge in [0.15, 0.2) is 0 Å². The van der Waals surface area contributed by atoms with E-state index in [-0.39, 0.29) is 5.91 Å². The number of carbonyl (C=O) groups is 1. The van der Waals surface area contributed by atoms with E-state index in [1.807, 2.05) is 6.07 Å². The first-order valence-electron chi connectivity index (χ1n) is 8.08. The minimum atomic E-state index is -0.0273. The number of anilines is 1. The van der Waals surface area contributed by atoms with E-state index in [0.29, 0.717) is 18.0 Å². The van der Waals surface area contributed by atoms with Crippen molar-refractivity contribution in [2.75, 3.05) is 32.1 Å². The molecular weight excluding hydrogens is 308 g/mol. The van der Waals surface area contributed by atoms with E-state index in [1.54, 1.807) is 19.2 Å². The fourth-order valence-electron chi connectivity index (χ4n) is 2.81. The summed E-state index contributed by atoms with van der Waals surface area (Å²) in [5.74, 6) is 1.35. The molecule has 0 spiro atoms. The standard InChI is InChI=1S/C16H22N6O2/c1-12-3-5-21(6-4-12)10-16(23)18-13-7-14(9-15(8-13)24-2)22-11-17-19-20-22/h7-9,11-12H,3-6,10H2,1-2H3,(H,18,23). The number of benzene rings is 1. The summed E-state index contributed by atoms with van der Waals surface area (Å²) in [4.78, 5) is 14.5. The molecule has 24 heavy (non-hydrogen) atoms. The summed E-state index contributed by atoms with van der Waals surface area (Å²) in [6.45, 7) is 4.61. The normalized spacial score (nSPS) is 16.1. The van der Waals surface area contributed by atoms with Gasteiger partial charge in [-0.25, -0.2) is 4.68 Å². The van der Waals surface area contributed by atoms with Crippen LogP contribution in [0.2, 0.25) is 0 Å². The van der Waals surface area contributed by atoms with Gasteiger partial charge < -0.3 is 10.1 Å². The van der Waals surface area contributed by atoms with E-state index < -0.39 is 0 Å². The lowest BCUT2D eigenvalue weighted by Crippen LogP contribution is -2.38. The lowest BCUT2D eigenvalue weighted by molar-refractivity contribution is -0.117. The third kappa shape index (κ3) is 4.08. The average molecular weight is 330 g/mol. The summed E-state index contributed by atoms with van der Waals surface area (Å²) in [6.07, 6.45) is 3.79. The smallest absolute Gasteiger partial charge is 0.238 e. The van der Waals surface area contributed by atoms with Crippen LogP contribution >= 0.6 is 0 Å². The Morgan fingerprint density at radius 3 is 2.79 bits per heavy atom. The molecule has 1 saturated heterocycles. The molecular formula is C16H22N6O2. The zero-order valence-electron chi connectivity index (χ0n) is 14.0. The lowest BCUT2D eigenvalue weighted by Gasteiger charge is -2.29. The number of carbonyl (C=O) groups excluding carboxylic acids is 1. The average Bonchev–Trinajstić information content (AvgIpc) is 3.11. The van der Waals surface area contributed by atoms with Crippen LogP contribution in [0.3, 0.4) is 0 Å². The van der Waals surface area contributed by atoms with Crippen LogP contribution in [0.5, 0.6) is 5.75 Å². The van der Waals surface area contributed by atoms with Gasteiger partial charge >= 0.3 is 0 Å². The monoisotopic (exact) mass is 330 g/mol. The van der Waals surface area contributed by atoms with Crippen molar-refractivity contribution in [3.63, 3.8) is 0 Å². The Morgan fingerprint density at radius 2 is 2.12 bits per heavy atom. The molecule has 1 aromatic carbocycles. The molecule has 0 bridgehead atoms. The van der Waals surface area contributed by atoms with Crippen LogP contribution in [0, 0.1) is 5.92 Å². The second kappa shape index (κ2) is 7.39. The van der Waals surface area contributed by atoms with Crippen LogP contribution in [-0.4, -0.2) is 57.8 Å². The van der Waals surface area contributed by atoms with Gasteiger partial charge in [0.05, 0.1) is 19.3 Å². The molecule has 1 aliphatic rings. The quantitative estimate of drug-likeness (QED) is 0.890. The number of hydrogen-bond donors (Lipinski definition) is 1. The minimum absolute atomic E-state index is 0.0273. The predicted molar refractivity (Wildman–Crippen MR) is 89.2 cm³/mol. The zero-order valence-corrected chi connectivity index (χ0v) is 14.0. The van der Waals surface area contributed by atoms with E-state index in [4.69, 9.17) is 4.74 Å². The third-order valence-corrected chi connectivity index (χ3v) is 4.27. The first kappa shape index (κ1) is 16.4. The molecule has 1 fully saturated rings. The van der Waals surface area contributed by atoms with Crippen LogP contribution in [0.25, 0.3) is 5.69 Å². The maximum absolute atomic E-state index is 12.3. The molecule has 0 radical (unpaired) electrons. The molecule has 0 unspecified atom stereocenters.